The van der Waals surface area contributed by atoms with Gasteiger partial charge >= 0.3 is 0 Å². The standard InChI is InChI=1S/C14H13F2N3O/c1-7-5-8(2)19-14(12(7)13(17)18)20-11-4-3-9(15)6-10(11)16/h3-6H,1-2H3,(H3,17,18). The highest BCUT2D eigenvalue weighted by Crippen LogP contribution is 2.28. The maximum atomic E-state index is 13.6. The Hall–Kier alpha value is -2.50. The molecular formula is C14H13F2N3O. The van der Waals surface area contributed by atoms with E-state index in [1.807, 2.05) is 0 Å². The molecule has 104 valence electrons. The minimum Gasteiger partial charge on any atom is -0.435 e. The van der Waals surface area contributed by atoms with Crippen LogP contribution < -0.4 is 10.5 Å². The molecule has 6 heteroatoms. The molecule has 1 aromatic heterocycles. The number of hydrogen-bond donors (Lipinski definition) is 2. The summed E-state index contributed by atoms with van der Waals surface area (Å²) in [5.74, 6) is -1.92. The molecule has 0 bridgehead atoms. The third-order valence-electron chi connectivity index (χ3n) is 2.68. The van der Waals surface area contributed by atoms with Crippen molar-refractivity contribution >= 4 is 5.84 Å². The summed E-state index contributed by atoms with van der Waals surface area (Å²) in [5.41, 5.74) is 7.12. The lowest BCUT2D eigenvalue weighted by atomic mass is 10.1. The summed E-state index contributed by atoms with van der Waals surface area (Å²) in [6.07, 6.45) is 0. The Labute approximate surface area is 114 Å². The largest absolute Gasteiger partial charge is 0.435 e. The molecule has 0 aliphatic rings. The Morgan fingerprint density at radius 1 is 1.25 bits per heavy atom. The van der Waals surface area contributed by atoms with Gasteiger partial charge in [0.2, 0.25) is 5.88 Å². The fraction of sp³-hybridized carbons (Fsp3) is 0.143. The average Bonchev–Trinajstić information content (AvgIpc) is 2.31. The van der Waals surface area contributed by atoms with Gasteiger partial charge in [0.25, 0.3) is 0 Å². The van der Waals surface area contributed by atoms with Crippen molar-refractivity contribution in [2.75, 3.05) is 0 Å². The van der Waals surface area contributed by atoms with E-state index in [-0.39, 0.29) is 17.5 Å². The summed E-state index contributed by atoms with van der Waals surface area (Å²) in [6, 6.07) is 4.69. The Morgan fingerprint density at radius 3 is 2.55 bits per heavy atom. The molecule has 0 fully saturated rings. The summed E-state index contributed by atoms with van der Waals surface area (Å²) in [5, 5.41) is 7.55. The van der Waals surface area contributed by atoms with E-state index in [0.29, 0.717) is 22.9 Å². The number of pyridine rings is 1. The summed E-state index contributed by atoms with van der Waals surface area (Å²) < 4.78 is 31.8. The number of halogens is 2. The first-order chi connectivity index (χ1) is 9.38. The van der Waals surface area contributed by atoms with Crippen molar-refractivity contribution in [1.29, 1.82) is 5.41 Å². The average molecular weight is 277 g/mol. The smallest absolute Gasteiger partial charge is 0.230 e. The van der Waals surface area contributed by atoms with Crippen LogP contribution in [-0.4, -0.2) is 10.8 Å². The van der Waals surface area contributed by atoms with E-state index in [4.69, 9.17) is 15.9 Å². The first kappa shape index (κ1) is 13.9. The van der Waals surface area contributed by atoms with Crippen LogP contribution in [0, 0.1) is 30.9 Å². The molecule has 20 heavy (non-hydrogen) atoms. The van der Waals surface area contributed by atoms with E-state index in [0.717, 1.165) is 12.1 Å². The number of ether oxygens (including phenoxy) is 1. The summed E-state index contributed by atoms with van der Waals surface area (Å²) in [6.45, 7) is 3.49. The number of aryl methyl sites for hydroxylation is 2. The van der Waals surface area contributed by atoms with Crippen LogP contribution >= 0.6 is 0 Å². The van der Waals surface area contributed by atoms with Crippen LogP contribution in [0.5, 0.6) is 11.6 Å². The van der Waals surface area contributed by atoms with Crippen LogP contribution in [-0.2, 0) is 0 Å². The molecule has 1 aromatic carbocycles. The van der Waals surface area contributed by atoms with Crippen molar-refractivity contribution in [1.82, 2.24) is 4.98 Å². The summed E-state index contributed by atoms with van der Waals surface area (Å²) >= 11 is 0. The zero-order valence-corrected chi connectivity index (χ0v) is 11.0. The third kappa shape index (κ3) is 2.74. The first-order valence-electron chi connectivity index (χ1n) is 5.84. The zero-order chi connectivity index (χ0) is 14.9. The van der Waals surface area contributed by atoms with Gasteiger partial charge < -0.3 is 10.5 Å². The Kier molecular flexibility index (Phi) is 3.65. The number of nitrogen functional groups attached to an aromatic ring is 1. The summed E-state index contributed by atoms with van der Waals surface area (Å²) in [4.78, 5) is 4.11. The summed E-state index contributed by atoms with van der Waals surface area (Å²) in [7, 11) is 0. The fourth-order valence-corrected chi connectivity index (χ4v) is 1.87. The van der Waals surface area contributed by atoms with Crippen molar-refractivity contribution in [2.24, 2.45) is 5.73 Å². The molecule has 0 spiro atoms. The minimum atomic E-state index is -0.847. The molecule has 3 N–H and O–H groups in total. The maximum Gasteiger partial charge on any atom is 0.230 e. The molecule has 0 radical (unpaired) electrons. The molecule has 2 rings (SSSR count). The van der Waals surface area contributed by atoms with Gasteiger partial charge in [-0.3, -0.25) is 5.41 Å². The maximum absolute atomic E-state index is 13.6. The molecule has 0 unspecified atom stereocenters. The highest BCUT2D eigenvalue weighted by atomic mass is 19.1. The number of nitrogens with zero attached hydrogens (tertiary/aromatic N) is 1. The van der Waals surface area contributed by atoms with Gasteiger partial charge in [-0.2, -0.15) is 0 Å². The second-order valence-electron chi connectivity index (χ2n) is 4.35. The molecule has 1 heterocycles. The van der Waals surface area contributed by atoms with Crippen LogP contribution in [0.3, 0.4) is 0 Å². The predicted octanol–water partition coefficient (Wildman–Crippen LogP) is 3.05. The van der Waals surface area contributed by atoms with Crippen molar-refractivity contribution < 1.29 is 13.5 Å². The molecule has 0 aliphatic heterocycles. The third-order valence-corrected chi connectivity index (χ3v) is 2.68. The number of rotatable bonds is 3. The normalized spacial score (nSPS) is 10.4. The lowest BCUT2D eigenvalue weighted by Crippen LogP contribution is -2.15. The number of hydrogen-bond acceptors (Lipinski definition) is 3. The number of nitrogens with one attached hydrogen (secondary N) is 1. The van der Waals surface area contributed by atoms with Gasteiger partial charge in [-0.25, -0.2) is 13.8 Å². The van der Waals surface area contributed by atoms with Gasteiger partial charge in [0, 0.05) is 11.8 Å². The quantitative estimate of drug-likeness (QED) is 0.669. The van der Waals surface area contributed by atoms with Crippen LogP contribution in [0.1, 0.15) is 16.8 Å². The van der Waals surface area contributed by atoms with E-state index < -0.39 is 11.6 Å². The monoisotopic (exact) mass is 277 g/mol. The van der Waals surface area contributed by atoms with Crippen molar-refractivity contribution in [3.8, 4) is 11.6 Å². The number of amidine groups is 1. The molecule has 0 aliphatic carbocycles. The second kappa shape index (κ2) is 5.24. The molecule has 4 nitrogen and oxygen atoms in total. The number of nitrogens with two attached hydrogens (primary N) is 1. The van der Waals surface area contributed by atoms with Crippen LogP contribution in [0.25, 0.3) is 0 Å². The highest BCUT2D eigenvalue weighted by Gasteiger charge is 2.15. The van der Waals surface area contributed by atoms with Gasteiger partial charge in [-0.1, -0.05) is 0 Å². The Morgan fingerprint density at radius 2 is 1.95 bits per heavy atom. The van der Waals surface area contributed by atoms with Crippen molar-refractivity contribution in [2.45, 2.75) is 13.8 Å². The fourth-order valence-electron chi connectivity index (χ4n) is 1.87. The Bertz CT molecular complexity index is 686. The molecule has 0 saturated heterocycles. The Balaban J connectivity index is 2.50. The lowest BCUT2D eigenvalue weighted by Gasteiger charge is -2.13. The van der Waals surface area contributed by atoms with E-state index in [2.05, 4.69) is 4.98 Å². The van der Waals surface area contributed by atoms with E-state index >= 15 is 0 Å². The van der Waals surface area contributed by atoms with Gasteiger partial charge in [0.05, 0.1) is 5.56 Å². The number of aromatic nitrogens is 1. The molecule has 0 amide bonds. The van der Waals surface area contributed by atoms with E-state index in [1.54, 1.807) is 19.9 Å². The predicted molar refractivity (Wildman–Crippen MR) is 71.2 cm³/mol. The topological polar surface area (TPSA) is 72.0 Å². The van der Waals surface area contributed by atoms with Crippen LogP contribution in [0.4, 0.5) is 8.78 Å². The first-order valence-corrected chi connectivity index (χ1v) is 5.84. The zero-order valence-electron chi connectivity index (χ0n) is 11.0. The van der Waals surface area contributed by atoms with Gasteiger partial charge in [0.15, 0.2) is 11.6 Å². The SMILES string of the molecule is Cc1cc(C)c(C(=N)N)c(Oc2ccc(F)cc2F)n1. The molecule has 0 saturated carbocycles. The van der Waals surface area contributed by atoms with E-state index in [9.17, 15) is 8.78 Å². The van der Waals surface area contributed by atoms with Gasteiger partial charge in [0.1, 0.15) is 11.7 Å². The molecular weight excluding hydrogens is 264 g/mol. The minimum absolute atomic E-state index is 0.0282. The van der Waals surface area contributed by atoms with Gasteiger partial charge in [-0.15, -0.1) is 0 Å². The van der Waals surface area contributed by atoms with E-state index in [1.165, 1.54) is 0 Å². The number of benzene rings is 1. The molecule has 2 aromatic rings. The lowest BCUT2D eigenvalue weighted by molar-refractivity contribution is 0.421. The van der Waals surface area contributed by atoms with Crippen molar-refractivity contribution in [3.05, 3.63) is 52.7 Å². The van der Waals surface area contributed by atoms with Crippen LogP contribution in [0.15, 0.2) is 24.3 Å². The van der Waals surface area contributed by atoms with Crippen LogP contribution in [0.2, 0.25) is 0 Å². The highest BCUT2D eigenvalue weighted by molar-refractivity contribution is 5.98. The van der Waals surface area contributed by atoms with Crippen molar-refractivity contribution in [3.63, 3.8) is 0 Å². The molecule has 0 atom stereocenters. The second-order valence-corrected chi connectivity index (χ2v) is 4.35. The van der Waals surface area contributed by atoms with Gasteiger partial charge in [-0.05, 0) is 37.6 Å².